The Morgan fingerprint density at radius 2 is 0.735 bits per heavy atom. The van der Waals surface area contributed by atoms with E-state index < -0.39 is 35.5 Å². The van der Waals surface area contributed by atoms with Crippen molar-refractivity contribution >= 4 is 57.1 Å². The molecule has 0 unspecified atom stereocenters. The molecule has 0 spiro atoms. The molecule has 0 aromatic carbocycles. The number of thiophene rings is 3. The maximum atomic E-state index is 13.4. The minimum absolute atomic E-state index is 0.112. The summed E-state index contributed by atoms with van der Waals surface area (Å²) in [5.41, 5.74) is -3.15. The van der Waals surface area contributed by atoms with E-state index in [1.54, 1.807) is 47.4 Å². The van der Waals surface area contributed by atoms with Gasteiger partial charge in [0.05, 0.1) is 36.1 Å². The van der Waals surface area contributed by atoms with Gasteiger partial charge in [0.1, 0.15) is 41.2 Å². The Morgan fingerprint density at radius 1 is 0.393 bits per heavy atom. The van der Waals surface area contributed by atoms with Gasteiger partial charge >= 0.3 is 0 Å². The summed E-state index contributed by atoms with van der Waals surface area (Å²) in [7, 11) is 1.71. The standard InChI is InChI=1S/C26H38O3S.C25H34F2O2S.C25H35FO2S.C25H36O3/c1-25-11-9-20-19-10-12-26(28,16-29-2)15-17(19)5-6-21(20)22(25)7-8-23(25)24(27)14-18-4-3-13-30-18;1-24-10-8-18-17-9-11-25(29,23(26)27)14-15(17)4-5-19(18)20(24)6-7-21(24)22(28)13-16-3-2-12-30-16;1-24-10-8-19-18-9-11-25(28,15-26)14-16(18)4-5-20(19)21(24)6-7-22(24)23(27)13-17-3-2-12-29-17;1-24(27)11-9-18-16(15-24)5-6-20-19(18)10-12-25(2)21(20)7-8-22(25)23(26)14-17-4-3-13-28-17/h3-4,13,17,19-23,28H,5-12,14-16H2,1-2H3;2-3,12,15,17-21,23,29H,4-11,13-14H2,1H3;2-3,12,16,18-22,28H,4-11,13-15H2,1H3;3-4,13,16,18-22,27H,5-12,14-15H2,1-2H3/t17-,19+,20-,21-,22+,23-,25+,26-;15-,17+,18-,19-,20+,21-,24+,25-;16-,18+,19-,20-,21+,22-,24+,25-;16-,18+,19-,20-,21+,22-,24-,25+/m1111/s1. The van der Waals surface area contributed by atoms with E-state index in [-0.39, 0.29) is 64.1 Å². The lowest BCUT2D eigenvalue weighted by Crippen LogP contribution is -2.53. The average Bonchev–Trinajstić information content (AvgIpc) is 1.67. The summed E-state index contributed by atoms with van der Waals surface area (Å²) in [4.78, 5) is 56.4. The molecule has 20 rings (SSSR count). The van der Waals surface area contributed by atoms with Gasteiger partial charge in [-0.25, -0.2) is 13.2 Å². The minimum atomic E-state index is -2.63. The third-order valence-corrected chi connectivity index (χ3v) is 41.5. The summed E-state index contributed by atoms with van der Waals surface area (Å²) >= 11 is 5.10. The summed E-state index contributed by atoms with van der Waals surface area (Å²) in [6.07, 6.45) is 39.5. The van der Waals surface area contributed by atoms with E-state index in [1.807, 2.05) is 36.6 Å². The van der Waals surface area contributed by atoms with E-state index in [0.29, 0.717) is 116 Å². The number of carbonyl (C=O) groups is 4. The van der Waals surface area contributed by atoms with Crippen LogP contribution in [0.2, 0.25) is 0 Å². The van der Waals surface area contributed by atoms with Gasteiger partial charge in [-0.15, -0.1) is 34.0 Å². The number of methoxy groups -OCH3 is 1. The van der Waals surface area contributed by atoms with Gasteiger partial charge in [-0.05, 0) is 425 Å². The van der Waals surface area contributed by atoms with Gasteiger partial charge in [-0.2, -0.15) is 0 Å². The lowest BCUT2D eigenvalue weighted by molar-refractivity contribution is -0.160. The number of ether oxygens (including phenoxy) is 1. The number of halogens is 3. The highest BCUT2D eigenvalue weighted by Crippen LogP contribution is 2.70. The van der Waals surface area contributed by atoms with Crippen LogP contribution in [0.4, 0.5) is 13.2 Å². The van der Waals surface area contributed by atoms with Gasteiger partial charge < -0.3 is 29.6 Å². The third-order valence-electron chi connectivity index (χ3n) is 38.8. The Kier molecular flexibility index (Phi) is 25.1. The number of alkyl halides is 3. The fraction of sp³-hybridized carbons (Fsp3) is 0.802. The first-order valence-electron chi connectivity index (χ1n) is 47.5. The van der Waals surface area contributed by atoms with Crippen molar-refractivity contribution in [3.8, 4) is 0 Å². The first-order chi connectivity index (χ1) is 56.1. The van der Waals surface area contributed by atoms with Crippen molar-refractivity contribution in [3.05, 3.63) is 91.3 Å². The summed E-state index contributed by atoms with van der Waals surface area (Å²) < 4.78 is 50.9. The number of hydrogen-bond acceptors (Lipinski definition) is 13. The lowest BCUT2D eigenvalue weighted by atomic mass is 9.49. The summed E-state index contributed by atoms with van der Waals surface area (Å²) in [5.74, 6) is 17.2. The molecule has 4 aromatic heterocycles. The number of fused-ring (bicyclic) bond motifs is 20. The molecule has 117 heavy (non-hydrogen) atoms. The third kappa shape index (κ3) is 16.4. The summed E-state index contributed by atoms with van der Waals surface area (Å²) in [6, 6.07) is 16.2. The van der Waals surface area contributed by atoms with E-state index in [9.17, 15) is 52.8 Å². The molecule has 16 aliphatic rings. The van der Waals surface area contributed by atoms with Crippen molar-refractivity contribution in [2.24, 2.45) is 164 Å². The second kappa shape index (κ2) is 34.2. The topological polar surface area (TPSA) is 172 Å². The van der Waals surface area contributed by atoms with Gasteiger partial charge in [0, 0.05) is 64.7 Å². The fourth-order valence-electron chi connectivity index (χ4n) is 33.6. The second-order valence-corrected chi connectivity index (χ2v) is 47.3. The zero-order chi connectivity index (χ0) is 81.8. The number of Topliss-reactive ketones (excluding diaryl/α,β-unsaturated/α-hetero) is 4. The van der Waals surface area contributed by atoms with Crippen LogP contribution in [0.15, 0.2) is 75.4 Å². The molecule has 4 heterocycles. The second-order valence-electron chi connectivity index (χ2n) is 44.2. The highest BCUT2D eigenvalue weighted by atomic mass is 32.1. The smallest absolute Gasteiger partial charge is 0.266 e. The number of rotatable bonds is 16. The summed E-state index contributed by atoms with van der Waals surface area (Å²) in [6.45, 7) is 11.6. The molecule has 10 nitrogen and oxygen atoms in total. The molecular formula is C101H143F3O10S3. The number of hydrogen-bond donors (Lipinski definition) is 4. The van der Waals surface area contributed by atoms with Crippen LogP contribution in [-0.2, 0) is 49.6 Å². The molecule has 4 aromatic rings. The molecule has 646 valence electrons. The SMILES string of the molecule is COC[C@@]1(O)CC[C@H]2[C@H](CC[C@@H]3[C@@H]2CC[C@]2(C)[C@@H](C(=O)Cc4cccs4)CC[C@@H]32)C1.C[C@@]1(O)CC[C@H]2[C@H](CC[C@@H]3[C@@H]2CC[C@]2(C)[C@@H](C(=O)Cc4ccco4)CC[C@@H]32)C1.C[C@]12CC[C@H]3[C@@H](CC[C@@H]4C[C@@](O)(C(F)F)CC[C@@H]43)[C@@H]1CC[C@@H]2C(=O)Cc1cccs1.C[C@]12CC[C@H]3[C@@H](CC[C@@H]4C[C@@](O)(CF)CC[C@@H]43)[C@@H]1CC[C@@H]2C(=O)Cc1cccs1. The fourth-order valence-corrected chi connectivity index (χ4v) is 35.7. The van der Waals surface area contributed by atoms with Crippen LogP contribution >= 0.6 is 34.0 Å². The predicted molar refractivity (Wildman–Crippen MR) is 458 cm³/mol. The first-order valence-corrected chi connectivity index (χ1v) is 50.1. The minimum Gasteiger partial charge on any atom is -0.469 e. The van der Waals surface area contributed by atoms with Crippen LogP contribution in [-0.4, -0.2) is 92.8 Å². The Morgan fingerprint density at radius 3 is 1.09 bits per heavy atom. The lowest BCUT2D eigenvalue weighted by Gasteiger charge is -2.57. The summed E-state index contributed by atoms with van der Waals surface area (Å²) in [5, 5.41) is 48.6. The number of ketones is 4. The van der Waals surface area contributed by atoms with Gasteiger partial charge in [0.25, 0.3) is 6.43 Å². The molecule has 4 N–H and O–H groups in total. The Bertz CT molecular complexity index is 4030. The number of furan rings is 1. The molecule has 16 fully saturated rings. The van der Waals surface area contributed by atoms with Crippen LogP contribution in [0.25, 0.3) is 0 Å². The molecule has 0 aliphatic heterocycles. The van der Waals surface area contributed by atoms with Gasteiger partial charge in [0.2, 0.25) is 0 Å². The largest absolute Gasteiger partial charge is 0.469 e. The van der Waals surface area contributed by atoms with Gasteiger partial charge in [-0.1, -0.05) is 45.9 Å². The molecular weight excluding hydrogens is 1530 g/mol. The van der Waals surface area contributed by atoms with E-state index in [4.69, 9.17) is 9.15 Å². The van der Waals surface area contributed by atoms with Crippen LogP contribution in [0.5, 0.6) is 0 Å². The van der Waals surface area contributed by atoms with Crippen molar-refractivity contribution in [3.63, 3.8) is 0 Å². The molecule has 16 heteroatoms. The quantitative estimate of drug-likeness (QED) is 0.0846. The molecule has 0 amide bonds. The van der Waals surface area contributed by atoms with Crippen molar-refractivity contribution in [2.75, 3.05) is 20.4 Å². The maximum absolute atomic E-state index is 13.4. The average molecular weight is 1670 g/mol. The van der Waals surface area contributed by atoms with E-state index >= 15 is 0 Å². The first kappa shape index (κ1) is 85.8. The van der Waals surface area contributed by atoms with Gasteiger partial charge in [-0.3, -0.25) is 19.2 Å². The Labute approximate surface area is 710 Å². The predicted octanol–water partition coefficient (Wildman–Crippen LogP) is 22.9. The molecule has 16 saturated carbocycles. The molecule has 16 aliphatic carbocycles. The maximum Gasteiger partial charge on any atom is 0.266 e. The van der Waals surface area contributed by atoms with Crippen LogP contribution in [0.3, 0.4) is 0 Å². The molecule has 0 saturated heterocycles. The Balaban J connectivity index is 0.000000112. The van der Waals surface area contributed by atoms with Crippen LogP contribution in [0, 0.1) is 164 Å². The van der Waals surface area contributed by atoms with Crippen molar-refractivity contribution in [1.29, 1.82) is 0 Å². The monoisotopic (exact) mass is 1670 g/mol. The molecule has 0 radical (unpaired) electrons. The van der Waals surface area contributed by atoms with Crippen LogP contribution in [0.1, 0.15) is 286 Å². The van der Waals surface area contributed by atoms with Crippen molar-refractivity contribution < 1.29 is 61.9 Å². The number of aliphatic hydroxyl groups is 4. The Hall–Kier alpha value is -3.35. The highest BCUT2D eigenvalue weighted by molar-refractivity contribution is 7.10. The zero-order valence-corrected chi connectivity index (χ0v) is 74.1. The normalized spacial score (nSPS) is 46.3. The van der Waals surface area contributed by atoms with Gasteiger partial charge in [0.15, 0.2) is 0 Å². The van der Waals surface area contributed by atoms with E-state index in [2.05, 4.69) is 62.7 Å². The number of carbonyl (C=O) groups excluding carboxylic acids is 4. The molecule has 0 bridgehead atoms. The molecule has 32 atom stereocenters. The van der Waals surface area contributed by atoms with E-state index in [1.165, 1.54) is 111 Å². The van der Waals surface area contributed by atoms with Crippen LogP contribution < -0.4 is 0 Å². The van der Waals surface area contributed by atoms with E-state index in [0.717, 1.165) is 180 Å². The highest BCUT2D eigenvalue weighted by Gasteiger charge is 2.65. The van der Waals surface area contributed by atoms with Crippen molar-refractivity contribution in [2.45, 2.75) is 320 Å². The zero-order valence-electron chi connectivity index (χ0n) is 71.7. The van der Waals surface area contributed by atoms with Crippen molar-refractivity contribution in [1.82, 2.24) is 0 Å².